The molecule has 0 spiro atoms. The zero-order chi connectivity index (χ0) is 13.1. The molecule has 3 heterocycles. The molecule has 1 N–H and O–H groups in total. The molecule has 0 amide bonds. The van der Waals surface area contributed by atoms with Crippen LogP contribution in [0.5, 0.6) is 0 Å². The van der Waals surface area contributed by atoms with Crippen molar-refractivity contribution >= 4 is 11.2 Å². The number of aryl methyl sites for hydroxylation is 1. The lowest BCUT2D eigenvalue weighted by Gasteiger charge is -2.12. The second-order valence-electron chi connectivity index (χ2n) is 5.00. The van der Waals surface area contributed by atoms with Crippen molar-refractivity contribution < 1.29 is 4.74 Å². The minimum Gasteiger partial charge on any atom is -0.385 e. The van der Waals surface area contributed by atoms with Crippen LogP contribution in [0.3, 0.4) is 0 Å². The van der Waals surface area contributed by atoms with Crippen molar-refractivity contribution in [1.29, 1.82) is 0 Å². The lowest BCUT2D eigenvalue weighted by atomic mass is 10.1. The lowest BCUT2D eigenvalue weighted by molar-refractivity contribution is 0.190. The molecule has 1 atom stereocenters. The van der Waals surface area contributed by atoms with Gasteiger partial charge in [0.2, 0.25) is 0 Å². The molecule has 3 rings (SSSR count). The third-order valence-corrected chi connectivity index (χ3v) is 3.69. The molecule has 1 aliphatic heterocycles. The van der Waals surface area contributed by atoms with E-state index in [0.717, 1.165) is 50.2 Å². The number of pyridine rings is 1. The Kier molecular flexibility index (Phi) is 3.75. The summed E-state index contributed by atoms with van der Waals surface area (Å²) in [6.45, 7) is 3.80. The van der Waals surface area contributed by atoms with E-state index in [1.54, 1.807) is 7.11 Å². The van der Waals surface area contributed by atoms with Crippen LogP contribution >= 0.6 is 0 Å². The van der Waals surface area contributed by atoms with Crippen LogP contribution in [0.15, 0.2) is 18.3 Å². The Balaban J connectivity index is 1.95. The molecule has 1 saturated heterocycles. The Morgan fingerprint density at radius 2 is 2.47 bits per heavy atom. The maximum absolute atomic E-state index is 5.15. The summed E-state index contributed by atoms with van der Waals surface area (Å²) in [7, 11) is 1.74. The van der Waals surface area contributed by atoms with Crippen LogP contribution < -0.4 is 5.32 Å². The maximum Gasteiger partial charge on any atom is 0.159 e. The molecule has 2 aromatic heterocycles. The first-order chi connectivity index (χ1) is 9.40. The van der Waals surface area contributed by atoms with Crippen LogP contribution in [0.1, 0.15) is 24.6 Å². The number of imidazole rings is 1. The zero-order valence-electron chi connectivity index (χ0n) is 11.3. The van der Waals surface area contributed by atoms with Gasteiger partial charge >= 0.3 is 0 Å². The van der Waals surface area contributed by atoms with E-state index in [2.05, 4.69) is 14.9 Å². The highest BCUT2D eigenvalue weighted by atomic mass is 16.5. The monoisotopic (exact) mass is 260 g/mol. The third kappa shape index (κ3) is 2.48. The Hall–Kier alpha value is -1.46. The van der Waals surface area contributed by atoms with E-state index in [1.807, 2.05) is 18.3 Å². The molecular formula is C14H20N4O. The number of nitrogens with zero attached hydrogens (tertiary/aromatic N) is 3. The highest BCUT2D eigenvalue weighted by Crippen LogP contribution is 2.25. The van der Waals surface area contributed by atoms with Crippen molar-refractivity contribution in [3.05, 3.63) is 24.2 Å². The molecule has 0 bridgehead atoms. The number of methoxy groups -OCH3 is 1. The van der Waals surface area contributed by atoms with E-state index < -0.39 is 0 Å². The van der Waals surface area contributed by atoms with Gasteiger partial charge < -0.3 is 14.6 Å². The second-order valence-corrected chi connectivity index (χ2v) is 5.00. The van der Waals surface area contributed by atoms with Crippen LogP contribution in [-0.4, -0.2) is 41.3 Å². The number of aromatic nitrogens is 3. The van der Waals surface area contributed by atoms with Crippen LogP contribution in [0, 0.1) is 0 Å². The standard InChI is InChI=1S/C14H20N4O/c1-19-9-3-8-18-13(11-5-7-15-10-11)17-12-4-2-6-16-14(12)18/h2,4,6,11,15H,3,5,7-10H2,1H3. The fraction of sp³-hybridized carbons (Fsp3) is 0.571. The lowest BCUT2D eigenvalue weighted by Crippen LogP contribution is -2.14. The fourth-order valence-corrected chi connectivity index (χ4v) is 2.75. The number of nitrogens with one attached hydrogen (secondary N) is 1. The Labute approximate surface area is 113 Å². The molecule has 5 nitrogen and oxygen atoms in total. The normalized spacial score (nSPS) is 19.3. The predicted octanol–water partition coefficient (Wildman–Crippen LogP) is 1.54. The van der Waals surface area contributed by atoms with E-state index in [-0.39, 0.29) is 0 Å². The second kappa shape index (κ2) is 5.67. The predicted molar refractivity (Wildman–Crippen MR) is 74.2 cm³/mol. The minimum absolute atomic E-state index is 0.511. The SMILES string of the molecule is COCCCn1c(C2CCNC2)nc2cccnc21. The maximum atomic E-state index is 5.15. The van der Waals surface area contributed by atoms with E-state index in [1.165, 1.54) is 5.82 Å². The van der Waals surface area contributed by atoms with Gasteiger partial charge in [-0.1, -0.05) is 0 Å². The van der Waals surface area contributed by atoms with Crippen LogP contribution in [0.25, 0.3) is 11.2 Å². The van der Waals surface area contributed by atoms with Gasteiger partial charge in [0, 0.05) is 38.9 Å². The third-order valence-electron chi connectivity index (χ3n) is 3.69. The number of hydrogen-bond donors (Lipinski definition) is 1. The topological polar surface area (TPSA) is 52.0 Å². The van der Waals surface area contributed by atoms with Gasteiger partial charge in [-0.05, 0) is 31.5 Å². The molecule has 19 heavy (non-hydrogen) atoms. The van der Waals surface area contributed by atoms with Gasteiger partial charge in [-0.15, -0.1) is 0 Å². The van der Waals surface area contributed by atoms with E-state index in [0.29, 0.717) is 5.92 Å². The van der Waals surface area contributed by atoms with Gasteiger partial charge in [0.1, 0.15) is 11.3 Å². The van der Waals surface area contributed by atoms with Crippen LogP contribution in [0.2, 0.25) is 0 Å². The highest BCUT2D eigenvalue weighted by Gasteiger charge is 2.23. The molecule has 5 heteroatoms. The summed E-state index contributed by atoms with van der Waals surface area (Å²) >= 11 is 0. The van der Waals surface area contributed by atoms with E-state index >= 15 is 0 Å². The number of ether oxygens (including phenoxy) is 1. The van der Waals surface area contributed by atoms with Gasteiger partial charge in [0.05, 0.1) is 0 Å². The summed E-state index contributed by atoms with van der Waals surface area (Å²) in [5.41, 5.74) is 2.00. The summed E-state index contributed by atoms with van der Waals surface area (Å²) in [6, 6.07) is 3.99. The molecule has 0 aliphatic carbocycles. The molecule has 0 saturated carbocycles. The average molecular weight is 260 g/mol. The van der Waals surface area contributed by atoms with E-state index in [9.17, 15) is 0 Å². The molecule has 0 radical (unpaired) electrons. The number of rotatable bonds is 5. The molecule has 1 aliphatic rings. The molecule has 2 aromatic rings. The largest absolute Gasteiger partial charge is 0.385 e. The van der Waals surface area contributed by atoms with Crippen molar-refractivity contribution in [3.8, 4) is 0 Å². The van der Waals surface area contributed by atoms with Gasteiger partial charge in [-0.2, -0.15) is 0 Å². The number of hydrogen-bond acceptors (Lipinski definition) is 4. The Bertz CT molecular complexity index is 545. The van der Waals surface area contributed by atoms with Gasteiger partial charge in [0.25, 0.3) is 0 Å². The minimum atomic E-state index is 0.511. The smallest absolute Gasteiger partial charge is 0.159 e. The van der Waals surface area contributed by atoms with Gasteiger partial charge in [-0.25, -0.2) is 9.97 Å². The first kappa shape index (κ1) is 12.6. The Morgan fingerprint density at radius 1 is 1.53 bits per heavy atom. The summed E-state index contributed by atoms with van der Waals surface area (Å²) in [5.74, 6) is 1.69. The summed E-state index contributed by atoms with van der Waals surface area (Å²) in [6.07, 6.45) is 3.99. The van der Waals surface area contributed by atoms with Crippen molar-refractivity contribution in [2.75, 3.05) is 26.8 Å². The van der Waals surface area contributed by atoms with Crippen molar-refractivity contribution in [1.82, 2.24) is 19.9 Å². The molecule has 1 unspecified atom stereocenters. The van der Waals surface area contributed by atoms with Crippen LogP contribution in [0.4, 0.5) is 0 Å². The highest BCUT2D eigenvalue weighted by molar-refractivity contribution is 5.71. The quantitative estimate of drug-likeness (QED) is 0.829. The Morgan fingerprint density at radius 3 is 3.26 bits per heavy atom. The van der Waals surface area contributed by atoms with Gasteiger partial charge in [-0.3, -0.25) is 0 Å². The summed E-state index contributed by atoms with van der Waals surface area (Å²) < 4.78 is 7.42. The van der Waals surface area contributed by atoms with Crippen molar-refractivity contribution in [2.45, 2.75) is 25.3 Å². The van der Waals surface area contributed by atoms with Gasteiger partial charge in [0.15, 0.2) is 5.65 Å². The molecule has 0 aromatic carbocycles. The van der Waals surface area contributed by atoms with Crippen molar-refractivity contribution in [2.24, 2.45) is 0 Å². The zero-order valence-corrected chi connectivity index (χ0v) is 11.3. The average Bonchev–Trinajstić information content (AvgIpc) is 3.06. The van der Waals surface area contributed by atoms with E-state index in [4.69, 9.17) is 9.72 Å². The fourth-order valence-electron chi connectivity index (χ4n) is 2.75. The first-order valence-corrected chi connectivity index (χ1v) is 6.91. The van der Waals surface area contributed by atoms with Crippen LogP contribution in [-0.2, 0) is 11.3 Å². The summed E-state index contributed by atoms with van der Waals surface area (Å²) in [4.78, 5) is 9.28. The molecule has 1 fully saturated rings. The van der Waals surface area contributed by atoms with Crippen molar-refractivity contribution in [3.63, 3.8) is 0 Å². The first-order valence-electron chi connectivity index (χ1n) is 6.91. The number of fused-ring (bicyclic) bond motifs is 1. The molecule has 102 valence electrons. The molecular weight excluding hydrogens is 240 g/mol. The summed E-state index contributed by atoms with van der Waals surface area (Å²) in [5, 5.41) is 3.41.